The quantitative estimate of drug-likeness (QED) is 0.574. The van der Waals surface area contributed by atoms with Crippen molar-refractivity contribution in [3.8, 4) is 5.75 Å². The molecular formula is C20H23N3O4. The molecule has 0 amide bonds. The van der Waals surface area contributed by atoms with E-state index in [2.05, 4.69) is 36.3 Å². The first-order chi connectivity index (χ1) is 12.9. The van der Waals surface area contributed by atoms with E-state index in [1.165, 1.54) is 22.9 Å². The molecule has 2 heterocycles. The van der Waals surface area contributed by atoms with Crippen LogP contribution in [-0.2, 0) is 19.6 Å². The van der Waals surface area contributed by atoms with Crippen molar-refractivity contribution in [2.75, 3.05) is 5.32 Å². The summed E-state index contributed by atoms with van der Waals surface area (Å²) in [6.07, 6.45) is 1.05. The Hall–Kier alpha value is -3.06. The van der Waals surface area contributed by atoms with Gasteiger partial charge in [0.1, 0.15) is 0 Å². The zero-order valence-corrected chi connectivity index (χ0v) is 15.6. The monoisotopic (exact) mass is 369 g/mol. The number of imidazole rings is 1. The van der Waals surface area contributed by atoms with E-state index in [9.17, 15) is 9.90 Å². The number of rotatable bonds is 6. The smallest absolute Gasteiger partial charge is 0.449 e. The van der Waals surface area contributed by atoms with Gasteiger partial charge in [0.15, 0.2) is 11.4 Å². The number of ether oxygens (including phenoxy) is 1. The summed E-state index contributed by atoms with van der Waals surface area (Å²) in [5, 5.41) is 22.0. The van der Waals surface area contributed by atoms with E-state index in [-0.39, 0.29) is 12.4 Å². The van der Waals surface area contributed by atoms with Gasteiger partial charge in [0.2, 0.25) is 0 Å². The van der Waals surface area contributed by atoms with E-state index in [0.717, 1.165) is 6.42 Å². The summed E-state index contributed by atoms with van der Waals surface area (Å²) in [7, 11) is 0. The van der Waals surface area contributed by atoms with Crippen LogP contribution in [0.4, 0.5) is 10.5 Å². The van der Waals surface area contributed by atoms with E-state index in [4.69, 9.17) is 9.84 Å². The first kappa shape index (κ1) is 18.7. The fourth-order valence-electron chi connectivity index (χ4n) is 3.29. The molecule has 0 aliphatic carbocycles. The van der Waals surface area contributed by atoms with Crippen molar-refractivity contribution < 1.29 is 19.7 Å². The molecule has 27 heavy (non-hydrogen) atoms. The largest absolute Gasteiger partial charge is 0.511 e. The fourth-order valence-corrected chi connectivity index (χ4v) is 3.29. The zero-order valence-electron chi connectivity index (χ0n) is 15.6. The zero-order chi connectivity index (χ0) is 19.6. The molecule has 0 spiro atoms. The number of fused-ring (bicyclic) bond motifs is 1. The topological polar surface area (TPSA) is 96.1 Å². The summed E-state index contributed by atoms with van der Waals surface area (Å²) < 4.78 is 6.50. The number of hydrogen-bond acceptors (Lipinski definition) is 5. The van der Waals surface area contributed by atoms with Gasteiger partial charge in [-0.15, -0.1) is 0 Å². The predicted octanol–water partition coefficient (Wildman–Crippen LogP) is 3.67. The maximum Gasteiger partial charge on any atom is 0.511 e. The van der Waals surface area contributed by atoms with Crippen molar-refractivity contribution in [3.63, 3.8) is 0 Å². The summed E-state index contributed by atoms with van der Waals surface area (Å²) in [4.78, 5) is 15.5. The summed E-state index contributed by atoms with van der Waals surface area (Å²) in [6, 6.07) is 7.83. The van der Waals surface area contributed by atoms with Crippen LogP contribution in [0.5, 0.6) is 5.75 Å². The van der Waals surface area contributed by atoms with E-state index in [0.29, 0.717) is 29.3 Å². The highest BCUT2D eigenvalue weighted by molar-refractivity contribution is 5.72. The van der Waals surface area contributed by atoms with Crippen LogP contribution in [-0.4, -0.2) is 25.8 Å². The summed E-state index contributed by atoms with van der Waals surface area (Å²) in [6.45, 7) is 6.35. The van der Waals surface area contributed by atoms with Crippen molar-refractivity contribution in [2.45, 2.75) is 40.3 Å². The molecule has 0 aliphatic rings. The van der Waals surface area contributed by atoms with Crippen molar-refractivity contribution in [2.24, 2.45) is 0 Å². The second-order valence-corrected chi connectivity index (χ2v) is 6.37. The fraction of sp³-hybridized carbons (Fsp3) is 0.300. The van der Waals surface area contributed by atoms with Crippen LogP contribution in [0.25, 0.3) is 5.65 Å². The minimum atomic E-state index is -1.39. The third kappa shape index (κ3) is 3.73. The van der Waals surface area contributed by atoms with Gasteiger partial charge in [0, 0.05) is 12.6 Å². The van der Waals surface area contributed by atoms with Crippen LogP contribution in [0.3, 0.4) is 0 Å². The number of aryl methyl sites for hydroxylation is 3. The number of nitrogens with zero attached hydrogens (tertiary/aromatic N) is 2. The highest BCUT2D eigenvalue weighted by atomic mass is 16.7. The highest BCUT2D eigenvalue weighted by Gasteiger charge is 2.15. The molecule has 2 aromatic heterocycles. The number of anilines is 1. The molecule has 3 N–H and O–H groups in total. The minimum Gasteiger partial charge on any atom is -0.449 e. The molecule has 0 bridgehead atoms. The van der Waals surface area contributed by atoms with Gasteiger partial charge in [-0.25, -0.2) is 9.78 Å². The first-order valence-electron chi connectivity index (χ1n) is 8.79. The lowest BCUT2D eigenvalue weighted by molar-refractivity contribution is 0.144. The van der Waals surface area contributed by atoms with Gasteiger partial charge in [0.25, 0.3) is 0 Å². The lowest BCUT2D eigenvalue weighted by Crippen LogP contribution is -2.09. The lowest BCUT2D eigenvalue weighted by atomic mass is 10.00. The second-order valence-electron chi connectivity index (χ2n) is 6.37. The molecule has 3 aromatic rings. The molecule has 1 aromatic carbocycles. The standard InChI is InChI=1S/C20H23N3O4/c1-4-14-7-5-6-12(2)16(14)9-21-17-8-15(27-20(25)26)10-23-18(11-24)13(3)22-19(17)23/h5-8,10,21,24H,4,9,11H2,1-3H3,(H,25,26). The van der Waals surface area contributed by atoms with Crippen molar-refractivity contribution in [1.29, 1.82) is 0 Å². The number of carbonyl (C=O) groups is 1. The Kier molecular flexibility index (Phi) is 5.32. The van der Waals surface area contributed by atoms with Crippen LogP contribution >= 0.6 is 0 Å². The van der Waals surface area contributed by atoms with Gasteiger partial charge in [-0.05, 0) is 37.0 Å². The number of carboxylic acid groups (broad SMARTS) is 1. The summed E-state index contributed by atoms with van der Waals surface area (Å²) >= 11 is 0. The minimum absolute atomic E-state index is 0.157. The maximum atomic E-state index is 11.0. The Labute approximate surface area is 157 Å². The normalized spacial score (nSPS) is 11.0. The van der Waals surface area contributed by atoms with Crippen molar-refractivity contribution in [1.82, 2.24) is 9.38 Å². The van der Waals surface area contributed by atoms with Crippen molar-refractivity contribution >= 4 is 17.5 Å². The average Bonchev–Trinajstić information content (AvgIpc) is 2.94. The van der Waals surface area contributed by atoms with E-state index < -0.39 is 6.16 Å². The van der Waals surface area contributed by atoms with Crippen LogP contribution in [0.15, 0.2) is 30.5 Å². The van der Waals surface area contributed by atoms with E-state index in [1.807, 2.05) is 6.07 Å². The molecule has 0 aliphatic heterocycles. The lowest BCUT2D eigenvalue weighted by Gasteiger charge is -2.15. The molecule has 0 atom stereocenters. The molecule has 7 heteroatoms. The Bertz CT molecular complexity index is 995. The Morgan fingerprint density at radius 2 is 2.11 bits per heavy atom. The van der Waals surface area contributed by atoms with Gasteiger partial charge in [-0.1, -0.05) is 25.1 Å². The number of aliphatic hydroxyl groups is 1. The van der Waals surface area contributed by atoms with Gasteiger partial charge in [0.05, 0.1) is 29.9 Å². The molecule has 3 rings (SSSR count). The van der Waals surface area contributed by atoms with Crippen LogP contribution in [0.2, 0.25) is 0 Å². The van der Waals surface area contributed by atoms with Gasteiger partial charge in [-0.3, -0.25) is 4.40 Å². The Morgan fingerprint density at radius 3 is 2.78 bits per heavy atom. The van der Waals surface area contributed by atoms with E-state index in [1.54, 1.807) is 17.4 Å². The highest BCUT2D eigenvalue weighted by Crippen LogP contribution is 2.27. The number of nitrogens with one attached hydrogen (secondary N) is 1. The van der Waals surface area contributed by atoms with Gasteiger partial charge >= 0.3 is 6.16 Å². The number of hydrogen-bond donors (Lipinski definition) is 3. The van der Waals surface area contributed by atoms with Crippen LogP contribution in [0.1, 0.15) is 35.0 Å². The average molecular weight is 369 g/mol. The summed E-state index contributed by atoms with van der Waals surface area (Å²) in [5.41, 5.74) is 6.17. The third-order valence-corrected chi connectivity index (χ3v) is 4.69. The predicted molar refractivity (Wildman–Crippen MR) is 102 cm³/mol. The molecule has 7 nitrogen and oxygen atoms in total. The summed E-state index contributed by atoms with van der Waals surface area (Å²) in [5.74, 6) is 0.157. The van der Waals surface area contributed by atoms with E-state index >= 15 is 0 Å². The van der Waals surface area contributed by atoms with Gasteiger partial charge < -0.3 is 20.3 Å². The van der Waals surface area contributed by atoms with Crippen LogP contribution < -0.4 is 10.1 Å². The Morgan fingerprint density at radius 1 is 1.33 bits per heavy atom. The second kappa shape index (κ2) is 7.67. The number of aromatic nitrogens is 2. The Balaban J connectivity index is 2.04. The molecule has 142 valence electrons. The first-order valence-corrected chi connectivity index (χ1v) is 8.79. The molecule has 0 fully saturated rings. The number of benzene rings is 1. The molecule has 0 saturated carbocycles. The molecule has 0 radical (unpaired) electrons. The molecule has 0 unspecified atom stereocenters. The van der Waals surface area contributed by atoms with Crippen molar-refractivity contribution in [3.05, 3.63) is 58.5 Å². The third-order valence-electron chi connectivity index (χ3n) is 4.69. The number of aliphatic hydroxyl groups excluding tert-OH is 1. The van der Waals surface area contributed by atoms with Gasteiger partial charge in [-0.2, -0.15) is 0 Å². The molecular weight excluding hydrogens is 346 g/mol. The maximum absolute atomic E-state index is 11.0. The molecule has 0 saturated heterocycles. The SMILES string of the molecule is CCc1cccc(C)c1CNc1cc(OC(=O)O)cn2c(CO)c(C)nc12. The number of pyridine rings is 1. The van der Waals surface area contributed by atoms with Crippen LogP contribution in [0, 0.1) is 13.8 Å².